The van der Waals surface area contributed by atoms with E-state index < -0.39 is 12.0 Å². The van der Waals surface area contributed by atoms with Crippen molar-refractivity contribution in [3.63, 3.8) is 0 Å². The number of nitrogens with zero attached hydrogens (tertiary/aromatic N) is 1. The summed E-state index contributed by atoms with van der Waals surface area (Å²) in [5, 5.41) is 11.3. The van der Waals surface area contributed by atoms with Crippen molar-refractivity contribution in [3.05, 3.63) is 0 Å². The van der Waals surface area contributed by atoms with E-state index in [0.29, 0.717) is 0 Å². The van der Waals surface area contributed by atoms with Crippen molar-refractivity contribution in [2.75, 3.05) is 13.1 Å². The van der Waals surface area contributed by atoms with Crippen LogP contribution in [0.3, 0.4) is 0 Å². The zero-order valence-electron chi connectivity index (χ0n) is 9.69. The van der Waals surface area contributed by atoms with Gasteiger partial charge in [0.2, 0.25) is 0 Å². The van der Waals surface area contributed by atoms with E-state index >= 15 is 0 Å². The van der Waals surface area contributed by atoms with Crippen molar-refractivity contribution in [1.29, 1.82) is 0 Å². The Morgan fingerprint density at radius 2 is 2.19 bits per heavy atom. The van der Waals surface area contributed by atoms with Crippen molar-refractivity contribution in [3.8, 4) is 12.3 Å². The molecule has 0 spiro atoms. The first-order chi connectivity index (χ1) is 7.51. The van der Waals surface area contributed by atoms with E-state index in [0.717, 1.165) is 17.7 Å². The van der Waals surface area contributed by atoms with Gasteiger partial charge in [-0.3, -0.25) is 4.79 Å². The number of carboxylic acid groups (broad SMARTS) is 1. The largest absolute Gasteiger partial charge is 0.480 e. The second-order valence-electron chi connectivity index (χ2n) is 3.59. The third-order valence-corrected chi connectivity index (χ3v) is 1.99. The number of urea groups is 1. The summed E-state index contributed by atoms with van der Waals surface area (Å²) in [5.41, 5.74) is 0. The van der Waals surface area contributed by atoms with Crippen LogP contribution in [0, 0.1) is 12.3 Å². The van der Waals surface area contributed by atoms with Gasteiger partial charge in [0.25, 0.3) is 0 Å². The van der Waals surface area contributed by atoms with E-state index in [9.17, 15) is 9.59 Å². The minimum Gasteiger partial charge on any atom is -0.480 e. The number of terminal acetylenes is 1. The van der Waals surface area contributed by atoms with Crippen molar-refractivity contribution in [2.45, 2.75) is 32.7 Å². The number of aliphatic carboxylic acids is 1. The van der Waals surface area contributed by atoms with Gasteiger partial charge in [-0.2, -0.15) is 0 Å². The fourth-order valence-electron chi connectivity index (χ4n) is 1.28. The summed E-state index contributed by atoms with van der Waals surface area (Å²) in [7, 11) is 0. The maximum Gasteiger partial charge on any atom is 0.323 e. The van der Waals surface area contributed by atoms with Crippen LogP contribution in [-0.4, -0.2) is 41.1 Å². The zero-order chi connectivity index (χ0) is 12.6. The van der Waals surface area contributed by atoms with Crippen LogP contribution in [0.25, 0.3) is 0 Å². The first kappa shape index (κ1) is 14.3. The van der Waals surface area contributed by atoms with Crippen LogP contribution < -0.4 is 5.32 Å². The average molecular weight is 226 g/mol. The SMILES string of the molecule is C#CCN(CC(=O)O)C(=O)NC(C)CCC. The zero-order valence-corrected chi connectivity index (χ0v) is 9.69. The number of hydrogen-bond acceptors (Lipinski definition) is 2. The molecule has 0 bridgehead atoms. The lowest BCUT2D eigenvalue weighted by Gasteiger charge is -2.21. The van der Waals surface area contributed by atoms with Crippen LogP contribution in [0.1, 0.15) is 26.7 Å². The molecule has 0 aliphatic rings. The Labute approximate surface area is 95.8 Å². The maximum absolute atomic E-state index is 11.6. The first-order valence-corrected chi connectivity index (χ1v) is 5.22. The first-order valence-electron chi connectivity index (χ1n) is 5.22. The molecule has 0 aliphatic carbocycles. The predicted octanol–water partition coefficient (Wildman–Crippen LogP) is 0.904. The number of amides is 2. The monoisotopic (exact) mass is 226 g/mol. The van der Waals surface area contributed by atoms with Gasteiger partial charge in [0.15, 0.2) is 0 Å². The molecule has 90 valence electrons. The molecule has 0 aromatic rings. The summed E-state index contributed by atoms with van der Waals surface area (Å²) in [5.74, 6) is 1.19. The summed E-state index contributed by atoms with van der Waals surface area (Å²) >= 11 is 0. The predicted molar refractivity (Wildman–Crippen MR) is 60.9 cm³/mol. The van der Waals surface area contributed by atoms with Crippen LogP contribution in [0.4, 0.5) is 4.79 Å². The molecule has 2 amide bonds. The molecule has 1 unspecified atom stereocenters. The van der Waals surface area contributed by atoms with Gasteiger partial charge >= 0.3 is 12.0 Å². The summed E-state index contributed by atoms with van der Waals surface area (Å²) in [6, 6.07) is -0.409. The molecular weight excluding hydrogens is 208 g/mol. The topological polar surface area (TPSA) is 69.6 Å². The van der Waals surface area contributed by atoms with Crippen LogP contribution in [0.5, 0.6) is 0 Å². The minimum absolute atomic E-state index is 0.00300. The highest BCUT2D eigenvalue weighted by Crippen LogP contribution is 1.97. The highest BCUT2D eigenvalue weighted by atomic mass is 16.4. The molecular formula is C11H18N2O3. The van der Waals surface area contributed by atoms with Crippen LogP contribution >= 0.6 is 0 Å². The molecule has 0 saturated heterocycles. The van der Waals surface area contributed by atoms with Gasteiger partial charge in [-0.05, 0) is 13.3 Å². The second-order valence-corrected chi connectivity index (χ2v) is 3.59. The molecule has 5 nitrogen and oxygen atoms in total. The molecule has 1 atom stereocenters. The summed E-state index contributed by atoms with van der Waals surface area (Å²) in [4.78, 5) is 23.2. The Kier molecular flexibility index (Phi) is 6.77. The number of carbonyl (C=O) groups excluding carboxylic acids is 1. The van der Waals surface area contributed by atoms with Crippen LogP contribution in [0.2, 0.25) is 0 Å². The molecule has 0 rings (SSSR count). The third-order valence-electron chi connectivity index (χ3n) is 1.99. The van der Waals surface area contributed by atoms with Gasteiger partial charge in [-0.1, -0.05) is 19.3 Å². The van der Waals surface area contributed by atoms with Gasteiger partial charge in [-0.25, -0.2) is 4.79 Å². The van der Waals surface area contributed by atoms with Gasteiger partial charge in [0, 0.05) is 6.04 Å². The van der Waals surface area contributed by atoms with E-state index in [1.807, 2.05) is 13.8 Å². The smallest absolute Gasteiger partial charge is 0.323 e. The van der Waals surface area contributed by atoms with Crippen LogP contribution in [0.15, 0.2) is 0 Å². The molecule has 0 aromatic heterocycles. The standard InChI is InChI=1S/C11H18N2O3/c1-4-6-9(3)12-11(16)13(7-5-2)8-10(14)15/h2,9H,4,6-8H2,1,3H3,(H,12,16)(H,14,15). The van der Waals surface area contributed by atoms with Crippen molar-refractivity contribution in [1.82, 2.24) is 10.2 Å². The van der Waals surface area contributed by atoms with Gasteiger partial charge in [0.05, 0.1) is 6.54 Å². The van der Waals surface area contributed by atoms with E-state index in [-0.39, 0.29) is 19.1 Å². The maximum atomic E-state index is 11.6. The molecule has 0 saturated carbocycles. The lowest BCUT2D eigenvalue weighted by Crippen LogP contribution is -2.46. The number of rotatable bonds is 6. The van der Waals surface area contributed by atoms with Crippen LogP contribution in [-0.2, 0) is 4.79 Å². The van der Waals surface area contributed by atoms with Gasteiger partial charge in [-0.15, -0.1) is 6.42 Å². The Bertz CT molecular complexity index is 283. The number of hydrogen-bond donors (Lipinski definition) is 2. The molecule has 0 heterocycles. The van der Waals surface area contributed by atoms with Crippen molar-refractivity contribution < 1.29 is 14.7 Å². The lowest BCUT2D eigenvalue weighted by atomic mass is 10.2. The second kappa shape index (κ2) is 7.57. The molecule has 0 aromatic carbocycles. The van der Waals surface area contributed by atoms with Crippen molar-refractivity contribution in [2.24, 2.45) is 0 Å². The lowest BCUT2D eigenvalue weighted by molar-refractivity contribution is -0.137. The average Bonchev–Trinajstić information content (AvgIpc) is 2.16. The molecule has 5 heteroatoms. The number of carboxylic acids is 1. The normalized spacial score (nSPS) is 11.3. The molecule has 16 heavy (non-hydrogen) atoms. The number of carbonyl (C=O) groups is 2. The summed E-state index contributed by atoms with van der Waals surface area (Å²) in [6.45, 7) is 3.50. The van der Waals surface area contributed by atoms with E-state index in [4.69, 9.17) is 11.5 Å². The molecule has 0 fully saturated rings. The minimum atomic E-state index is -1.08. The summed E-state index contributed by atoms with van der Waals surface area (Å²) in [6.07, 6.45) is 6.87. The number of nitrogens with one attached hydrogen (secondary N) is 1. The van der Waals surface area contributed by atoms with Gasteiger partial charge < -0.3 is 15.3 Å². The highest BCUT2D eigenvalue weighted by Gasteiger charge is 2.16. The molecule has 2 N–H and O–H groups in total. The fraction of sp³-hybridized carbons (Fsp3) is 0.636. The highest BCUT2D eigenvalue weighted by molar-refractivity contribution is 5.80. The Hall–Kier alpha value is -1.70. The molecule has 0 aliphatic heterocycles. The van der Waals surface area contributed by atoms with Crippen molar-refractivity contribution >= 4 is 12.0 Å². The Morgan fingerprint density at radius 1 is 1.56 bits per heavy atom. The van der Waals surface area contributed by atoms with Gasteiger partial charge in [0.1, 0.15) is 6.54 Å². The van der Waals surface area contributed by atoms with E-state index in [1.54, 1.807) is 0 Å². The Balaban J connectivity index is 4.27. The van der Waals surface area contributed by atoms with E-state index in [1.165, 1.54) is 0 Å². The van der Waals surface area contributed by atoms with E-state index in [2.05, 4.69) is 11.2 Å². The Morgan fingerprint density at radius 3 is 2.62 bits per heavy atom. The molecule has 0 radical (unpaired) electrons. The quantitative estimate of drug-likeness (QED) is 0.661. The fourth-order valence-corrected chi connectivity index (χ4v) is 1.28. The summed E-state index contributed by atoms with van der Waals surface area (Å²) < 4.78 is 0. The third kappa shape index (κ3) is 5.91.